The van der Waals surface area contributed by atoms with Gasteiger partial charge >= 0.3 is 24.5 Å². The van der Waals surface area contributed by atoms with Crippen molar-refractivity contribution in [1.29, 1.82) is 0 Å². The van der Waals surface area contributed by atoms with Crippen molar-refractivity contribution in [3.8, 4) is 23.1 Å². The molecular formula is C53H62F8N10O8. The number of nitrogens with one attached hydrogen (secondary N) is 4. The van der Waals surface area contributed by atoms with Crippen molar-refractivity contribution in [2.24, 2.45) is 10.8 Å². The number of hydrogen-bond donors (Lipinski definition) is 5. The largest absolute Gasteiger partial charge is 0.453 e. The highest BCUT2D eigenvalue weighted by molar-refractivity contribution is 5.87. The van der Waals surface area contributed by atoms with E-state index in [0.717, 1.165) is 84.3 Å². The van der Waals surface area contributed by atoms with Gasteiger partial charge in [-0.1, -0.05) is 24.0 Å². The monoisotopic (exact) mass is 1120 g/mol. The summed E-state index contributed by atoms with van der Waals surface area (Å²) >= 11 is 0. The molecule has 79 heavy (non-hydrogen) atoms. The molecule has 2 saturated heterocycles. The third kappa shape index (κ3) is 14.6. The van der Waals surface area contributed by atoms with E-state index in [0.29, 0.717) is 55.4 Å². The number of methoxy groups -OCH3 is 1. The Balaban J connectivity index is 1.18. The lowest BCUT2D eigenvalue weighted by atomic mass is 9.82. The van der Waals surface area contributed by atoms with Crippen LogP contribution in [0.1, 0.15) is 68.8 Å². The maximum Gasteiger partial charge on any atom is 0.407 e. The van der Waals surface area contributed by atoms with Crippen molar-refractivity contribution in [3.63, 3.8) is 0 Å². The molecule has 3 aliphatic rings. The van der Waals surface area contributed by atoms with E-state index in [1.165, 1.54) is 18.2 Å². The number of alkyl carbamates (subject to hydrolysis) is 2. The van der Waals surface area contributed by atoms with Gasteiger partial charge in [0.25, 0.3) is 5.91 Å². The highest BCUT2D eigenvalue weighted by Crippen LogP contribution is 2.43. The summed E-state index contributed by atoms with van der Waals surface area (Å²) in [6, 6.07) is 9.72. The number of alkyl halides is 6. The first-order valence-electron chi connectivity index (χ1n) is 25.3. The number of benzene rings is 2. The molecule has 5 N–H and O–H groups in total. The fourth-order valence-corrected chi connectivity index (χ4v) is 8.67. The number of aliphatic hydroxyl groups excluding tert-OH is 1. The number of pyridine rings is 1. The summed E-state index contributed by atoms with van der Waals surface area (Å²) in [5.74, 6) is 1.22. The fraction of sp³-hybridized carbons (Fsp3) is 0.509. The molecule has 26 heteroatoms. The van der Waals surface area contributed by atoms with Crippen LogP contribution < -0.4 is 26.3 Å². The maximum absolute atomic E-state index is 16.2. The Kier molecular flexibility index (Phi) is 18.5. The second-order valence-electron chi connectivity index (χ2n) is 20.7. The molecule has 0 radical (unpaired) electrons. The number of hydrogen-bond acceptors (Lipinski definition) is 13. The minimum absolute atomic E-state index is 0.00256. The van der Waals surface area contributed by atoms with Gasteiger partial charge in [-0.2, -0.15) is 31.4 Å². The minimum Gasteiger partial charge on any atom is -0.453 e. The van der Waals surface area contributed by atoms with Crippen LogP contribution in [0, 0.1) is 34.3 Å². The Labute approximate surface area is 450 Å². The SMILES string of the molecule is CNC(=O)O[C@H](C(=O)NN(Cc1c(F)cc(-c2ccn(C3CC3)n2)cc1F)C[C@H](O)[C@H](Cc1ccc(C#Cc2ccc(N3CCN(C4COC4)CC3)nc2)cc1)NC(=O)[C@@H](NC(=O)OC)C(C)(C)C(F)(F)F)C(C)(C)C(F)(F)F. The van der Waals surface area contributed by atoms with E-state index in [1.54, 1.807) is 29.2 Å². The number of halogens is 8. The van der Waals surface area contributed by atoms with Crippen molar-refractivity contribution in [3.05, 3.63) is 101 Å². The molecule has 4 aromatic rings. The molecule has 2 aromatic heterocycles. The van der Waals surface area contributed by atoms with Gasteiger partial charge in [0.1, 0.15) is 28.9 Å². The molecule has 1 saturated carbocycles. The van der Waals surface area contributed by atoms with Crippen LogP contribution in [0.25, 0.3) is 11.3 Å². The van der Waals surface area contributed by atoms with Crippen molar-refractivity contribution < 1.29 is 73.6 Å². The van der Waals surface area contributed by atoms with E-state index in [9.17, 15) is 50.6 Å². The molecule has 4 amide bonds. The van der Waals surface area contributed by atoms with E-state index in [-0.39, 0.29) is 17.3 Å². The molecule has 0 unspecified atom stereocenters. The molecule has 1 aliphatic carbocycles. The van der Waals surface area contributed by atoms with Crippen LogP contribution in [0.2, 0.25) is 0 Å². The summed E-state index contributed by atoms with van der Waals surface area (Å²) < 4.78 is 136. The number of anilines is 1. The zero-order chi connectivity index (χ0) is 57.6. The molecule has 18 nitrogen and oxygen atoms in total. The van der Waals surface area contributed by atoms with Gasteiger partial charge in [0.15, 0.2) is 6.10 Å². The number of carbonyl (C=O) groups is 4. The van der Waals surface area contributed by atoms with Gasteiger partial charge in [0.2, 0.25) is 5.91 Å². The van der Waals surface area contributed by atoms with Crippen LogP contribution in [0.5, 0.6) is 0 Å². The Morgan fingerprint density at radius 3 is 1.99 bits per heavy atom. The Hall–Kier alpha value is -7.08. The number of piperazine rings is 1. The van der Waals surface area contributed by atoms with Crippen LogP contribution in [-0.4, -0.2) is 157 Å². The van der Waals surface area contributed by atoms with Gasteiger partial charge in [0, 0.05) is 81.0 Å². The fourth-order valence-electron chi connectivity index (χ4n) is 8.67. The van der Waals surface area contributed by atoms with Crippen LogP contribution in [0.15, 0.2) is 67.0 Å². The van der Waals surface area contributed by atoms with Crippen LogP contribution in [-0.2, 0) is 36.8 Å². The summed E-state index contributed by atoms with van der Waals surface area (Å²) in [6.45, 7) is 5.13. The third-order valence-electron chi connectivity index (χ3n) is 14.3. The minimum atomic E-state index is -5.21. The van der Waals surface area contributed by atoms with Crippen LogP contribution in [0.3, 0.4) is 0 Å². The molecule has 4 heterocycles. The second-order valence-corrected chi connectivity index (χ2v) is 20.7. The van der Waals surface area contributed by atoms with Gasteiger partial charge in [-0.3, -0.25) is 24.6 Å². The Bertz CT molecular complexity index is 2840. The summed E-state index contributed by atoms with van der Waals surface area (Å²) in [7, 11) is 1.86. The van der Waals surface area contributed by atoms with Crippen LogP contribution >= 0.6 is 0 Å². The predicted molar refractivity (Wildman–Crippen MR) is 269 cm³/mol. The lowest BCUT2D eigenvalue weighted by molar-refractivity contribution is -0.239. The van der Waals surface area contributed by atoms with E-state index in [4.69, 9.17) is 9.47 Å². The summed E-state index contributed by atoms with van der Waals surface area (Å²) in [6.07, 6.45) is -13.5. The third-order valence-corrected chi connectivity index (χ3v) is 14.3. The van der Waals surface area contributed by atoms with Gasteiger partial charge in [-0.25, -0.2) is 28.4 Å². The van der Waals surface area contributed by atoms with Crippen LogP contribution in [0.4, 0.5) is 50.5 Å². The first-order valence-corrected chi connectivity index (χ1v) is 25.3. The Morgan fingerprint density at radius 1 is 0.823 bits per heavy atom. The highest BCUT2D eigenvalue weighted by atomic mass is 19.4. The number of carbonyl (C=O) groups excluding carboxylic acids is 4. The molecular weight excluding hydrogens is 1060 g/mol. The molecule has 428 valence electrons. The smallest absolute Gasteiger partial charge is 0.407 e. The standard InChI is InChI=1S/C53H62F8N10O8/c1-50(2,52(56,57)58)44(65-49(76)77-6)46(73)64-41(23-32-10-7-31(8-11-32)9-12-33-13-16-43(63-26-33)69-21-19-68(20-22-69)36-29-78-30-36)42(72)28-70(67-47(74)45(79-48(75)62-5)51(3,4)53(59,60)61)27-37-38(54)24-34(25-39(37)55)40-17-18-71(66-40)35-14-15-35/h7-8,10-11,13,16-18,24-26,35-36,41-42,44-45,72H,14-15,19-23,27-30H2,1-6H3,(H,62,75)(H,64,73)(H,65,76)(H,67,74)/t41-,42-,44+,45+/m0/s1. The van der Waals surface area contributed by atoms with Gasteiger partial charge < -0.3 is 40.2 Å². The highest BCUT2D eigenvalue weighted by Gasteiger charge is 2.58. The van der Waals surface area contributed by atoms with E-state index >= 15 is 8.78 Å². The molecule has 2 aliphatic heterocycles. The topological polar surface area (TPSA) is 205 Å². The van der Waals surface area contributed by atoms with Gasteiger partial charge in [-0.15, -0.1) is 0 Å². The number of aromatic nitrogens is 3. The molecule has 0 bridgehead atoms. The van der Waals surface area contributed by atoms with Crippen molar-refractivity contribution in [1.82, 2.24) is 46.0 Å². The summed E-state index contributed by atoms with van der Waals surface area (Å²) in [4.78, 5) is 62.1. The van der Waals surface area contributed by atoms with Crippen molar-refractivity contribution >= 4 is 29.8 Å². The van der Waals surface area contributed by atoms with Crippen molar-refractivity contribution in [2.75, 3.05) is 65.0 Å². The molecule has 2 aromatic carbocycles. The van der Waals surface area contributed by atoms with E-state index in [2.05, 4.69) is 47.2 Å². The molecule has 0 spiro atoms. The van der Waals surface area contributed by atoms with E-state index < -0.39 is 108 Å². The average molecular weight is 1120 g/mol. The van der Waals surface area contributed by atoms with Gasteiger partial charge in [0.05, 0.1) is 55.7 Å². The van der Waals surface area contributed by atoms with E-state index in [1.807, 2.05) is 22.8 Å². The molecule has 4 atom stereocenters. The van der Waals surface area contributed by atoms with Crippen molar-refractivity contribution in [2.45, 2.75) is 102 Å². The number of nitrogens with zero attached hydrogens (tertiary/aromatic N) is 6. The average Bonchev–Trinajstić information content (AvgIpc) is 4.13. The first kappa shape index (κ1) is 59.6. The van der Waals surface area contributed by atoms with Gasteiger partial charge in [-0.05, 0) is 95.0 Å². The number of aliphatic hydroxyl groups is 1. The molecule has 3 fully saturated rings. The lowest BCUT2D eigenvalue weighted by Gasteiger charge is -2.42. The number of rotatable bonds is 19. The normalized spacial score (nSPS) is 17.1. The predicted octanol–water partition coefficient (Wildman–Crippen LogP) is 6.03. The maximum atomic E-state index is 16.2. The zero-order valence-electron chi connectivity index (χ0n) is 44.1. The summed E-state index contributed by atoms with van der Waals surface area (Å²) in [5, 5.41) is 23.3. The quantitative estimate of drug-likeness (QED) is 0.0414. The number of amides is 4. The Morgan fingerprint density at radius 2 is 1.44 bits per heavy atom. The number of hydrazine groups is 1. The molecule has 7 rings (SSSR count). The summed E-state index contributed by atoms with van der Waals surface area (Å²) in [5.41, 5.74) is -3.23. The zero-order valence-corrected chi connectivity index (χ0v) is 44.1. The first-order chi connectivity index (χ1) is 37.2. The number of ether oxygens (including phenoxy) is 3. The second kappa shape index (κ2) is 24.5. The lowest BCUT2D eigenvalue weighted by Crippen LogP contribution is -2.62.